The highest BCUT2D eigenvalue weighted by atomic mass is 16.5. The molecule has 0 saturated carbocycles. The number of hydrogen-bond donors (Lipinski definition) is 6. The van der Waals surface area contributed by atoms with E-state index in [9.17, 15) is 33.9 Å². The van der Waals surface area contributed by atoms with E-state index >= 15 is 0 Å². The second-order valence-electron chi connectivity index (χ2n) is 13.2. The van der Waals surface area contributed by atoms with Crippen LogP contribution in [0.5, 0.6) is 0 Å². The van der Waals surface area contributed by atoms with Crippen molar-refractivity contribution in [1.82, 2.24) is 21.3 Å². The normalized spacial score (nSPS) is 11.5. The molecule has 1 atom stereocenters. The van der Waals surface area contributed by atoms with Crippen molar-refractivity contribution in [2.24, 2.45) is 0 Å². The molecule has 0 saturated heterocycles. The number of ketones is 1. The van der Waals surface area contributed by atoms with Crippen LogP contribution in [0.15, 0.2) is 0 Å². The zero-order valence-corrected chi connectivity index (χ0v) is 31.2. The van der Waals surface area contributed by atoms with E-state index in [-0.39, 0.29) is 55.9 Å². The molecule has 14 heteroatoms. The quantitative estimate of drug-likeness (QED) is 0.0457. The number of amides is 4. The molecule has 0 bridgehead atoms. The van der Waals surface area contributed by atoms with Crippen LogP contribution in [-0.2, 0) is 33.4 Å². The summed E-state index contributed by atoms with van der Waals surface area (Å²) in [4.78, 5) is 69.1. The first-order valence-electron chi connectivity index (χ1n) is 19.3. The predicted octanol–water partition coefficient (Wildman–Crippen LogP) is 5.26. The number of nitrogens with one attached hydrogen (secondary N) is 4. The van der Waals surface area contributed by atoms with Gasteiger partial charge in [0.1, 0.15) is 12.6 Å². The van der Waals surface area contributed by atoms with Gasteiger partial charge in [-0.1, -0.05) is 89.9 Å². The van der Waals surface area contributed by atoms with Crippen LogP contribution in [0.3, 0.4) is 0 Å². The lowest BCUT2D eigenvalue weighted by Crippen LogP contribution is -2.41. The molecule has 4 amide bonds. The zero-order chi connectivity index (χ0) is 37.8. The van der Waals surface area contributed by atoms with Crippen LogP contribution < -0.4 is 21.3 Å². The first kappa shape index (κ1) is 47.7. The fourth-order valence-corrected chi connectivity index (χ4v) is 5.34. The molecule has 0 rings (SSSR count). The van der Waals surface area contributed by atoms with Gasteiger partial charge in [-0.25, -0.2) is 9.59 Å². The number of rotatable bonds is 37. The minimum absolute atomic E-state index is 0.0135. The molecule has 0 aromatic heterocycles. The zero-order valence-electron chi connectivity index (χ0n) is 31.2. The molecule has 0 aliphatic carbocycles. The third kappa shape index (κ3) is 36.3. The Kier molecular flexibility index (Phi) is 32.9. The molecular formula is C37H68N4O10. The number of aliphatic carboxylic acids is 2. The summed E-state index contributed by atoms with van der Waals surface area (Å²) in [5, 5.41) is 28.8. The highest BCUT2D eigenvalue weighted by Gasteiger charge is 2.20. The standard InChI is InChI=1S/C37H68N4O10/c1-31(42)30-51-29-28-50-27-26-40-37(49)39-25-19-18-24-38-33(43)23-22-32(36(47)48)41-34(44)20-16-14-12-10-8-6-4-2-3-5-7-9-11-13-15-17-21-35(45)46/h32H,2-30H2,1H3,(H,38,43)(H,41,44)(H,45,46)(H,47,48)(H2,39,40,49)/t32-/m0/s1. The predicted molar refractivity (Wildman–Crippen MR) is 196 cm³/mol. The van der Waals surface area contributed by atoms with Crippen molar-refractivity contribution in [2.75, 3.05) is 46.1 Å². The van der Waals surface area contributed by atoms with Gasteiger partial charge in [0.05, 0.1) is 19.8 Å². The summed E-state index contributed by atoms with van der Waals surface area (Å²) in [5.74, 6) is -2.50. The number of carbonyl (C=O) groups excluding carboxylic acids is 4. The Balaban J connectivity index is 3.66. The minimum atomic E-state index is -1.16. The summed E-state index contributed by atoms with van der Waals surface area (Å²) in [6.45, 7) is 3.63. The van der Waals surface area contributed by atoms with Crippen LogP contribution in [0.1, 0.15) is 148 Å². The largest absolute Gasteiger partial charge is 0.481 e. The first-order valence-corrected chi connectivity index (χ1v) is 19.3. The van der Waals surface area contributed by atoms with E-state index in [0.717, 1.165) is 38.5 Å². The Morgan fingerprint density at radius 3 is 1.49 bits per heavy atom. The van der Waals surface area contributed by atoms with Crippen LogP contribution >= 0.6 is 0 Å². The summed E-state index contributed by atoms with van der Waals surface area (Å²) < 4.78 is 10.4. The second-order valence-corrected chi connectivity index (χ2v) is 13.2. The van der Waals surface area contributed by atoms with E-state index in [1.54, 1.807) is 0 Å². The van der Waals surface area contributed by atoms with Crippen LogP contribution in [0, 0.1) is 0 Å². The number of ether oxygens (including phenoxy) is 2. The van der Waals surface area contributed by atoms with Gasteiger partial charge in [0.25, 0.3) is 0 Å². The molecule has 6 N–H and O–H groups in total. The Hall–Kier alpha value is -3.26. The van der Waals surface area contributed by atoms with E-state index in [1.807, 2.05) is 0 Å². The third-order valence-corrected chi connectivity index (χ3v) is 8.26. The molecule has 51 heavy (non-hydrogen) atoms. The third-order valence-electron chi connectivity index (χ3n) is 8.26. The van der Waals surface area contributed by atoms with E-state index < -0.39 is 18.0 Å². The van der Waals surface area contributed by atoms with Gasteiger partial charge in [-0.05, 0) is 39.0 Å². The molecular weight excluding hydrogens is 660 g/mol. The Labute approximate surface area is 305 Å². The maximum Gasteiger partial charge on any atom is 0.326 e. The Morgan fingerprint density at radius 2 is 0.980 bits per heavy atom. The van der Waals surface area contributed by atoms with Gasteiger partial charge < -0.3 is 41.0 Å². The number of unbranched alkanes of at least 4 members (excludes halogenated alkanes) is 16. The first-order chi connectivity index (χ1) is 24.6. The molecule has 296 valence electrons. The fraction of sp³-hybridized carbons (Fsp3) is 0.838. The minimum Gasteiger partial charge on any atom is -0.481 e. The highest BCUT2D eigenvalue weighted by Crippen LogP contribution is 2.14. The van der Waals surface area contributed by atoms with Crippen molar-refractivity contribution in [3.8, 4) is 0 Å². The maximum absolute atomic E-state index is 12.3. The lowest BCUT2D eigenvalue weighted by atomic mass is 10.0. The number of carboxylic acids is 2. The number of carbonyl (C=O) groups is 6. The van der Waals surface area contributed by atoms with Crippen molar-refractivity contribution >= 4 is 35.6 Å². The Morgan fingerprint density at radius 1 is 0.510 bits per heavy atom. The number of Topliss-reactive ketones (excluding diaryl/α,β-unsaturated/α-hetero) is 1. The van der Waals surface area contributed by atoms with Crippen molar-refractivity contribution in [3.63, 3.8) is 0 Å². The molecule has 0 aliphatic rings. The Bertz CT molecular complexity index is 950. The van der Waals surface area contributed by atoms with E-state index in [1.165, 1.54) is 64.7 Å². The van der Waals surface area contributed by atoms with Gasteiger partial charge in [0.15, 0.2) is 5.78 Å². The lowest BCUT2D eigenvalue weighted by Gasteiger charge is -2.14. The summed E-state index contributed by atoms with van der Waals surface area (Å²) in [5.41, 5.74) is 0. The van der Waals surface area contributed by atoms with Gasteiger partial charge in [-0.3, -0.25) is 19.2 Å². The second kappa shape index (κ2) is 35.2. The summed E-state index contributed by atoms with van der Waals surface area (Å²) in [6.07, 6.45) is 19.8. The molecule has 14 nitrogen and oxygen atoms in total. The van der Waals surface area contributed by atoms with Gasteiger partial charge in [0, 0.05) is 38.9 Å². The number of urea groups is 1. The SMILES string of the molecule is CC(=O)COCCOCCNC(=O)NCCCCNC(=O)CC[C@H](NC(=O)CCCCCCCCCCCCCCCCCCC(=O)O)C(=O)O. The average Bonchev–Trinajstić information content (AvgIpc) is 3.08. The monoisotopic (exact) mass is 728 g/mol. The maximum atomic E-state index is 12.3. The van der Waals surface area contributed by atoms with Gasteiger partial charge in [-0.15, -0.1) is 0 Å². The summed E-state index contributed by atoms with van der Waals surface area (Å²) in [6, 6.07) is -1.43. The molecule has 0 spiro atoms. The molecule has 0 radical (unpaired) electrons. The number of hydrogen-bond acceptors (Lipinski definition) is 8. The molecule has 0 aromatic carbocycles. The molecule has 0 unspecified atom stereocenters. The van der Waals surface area contributed by atoms with Gasteiger partial charge in [-0.2, -0.15) is 0 Å². The van der Waals surface area contributed by atoms with Gasteiger partial charge >= 0.3 is 18.0 Å². The molecule has 0 fully saturated rings. The molecule has 0 aromatic rings. The van der Waals surface area contributed by atoms with Crippen molar-refractivity contribution in [3.05, 3.63) is 0 Å². The van der Waals surface area contributed by atoms with Crippen LogP contribution in [0.2, 0.25) is 0 Å². The van der Waals surface area contributed by atoms with Crippen LogP contribution in [0.4, 0.5) is 4.79 Å². The topological polar surface area (TPSA) is 209 Å². The molecule has 0 aliphatic heterocycles. The summed E-state index contributed by atoms with van der Waals surface area (Å²) in [7, 11) is 0. The van der Waals surface area contributed by atoms with E-state index in [0.29, 0.717) is 58.7 Å². The van der Waals surface area contributed by atoms with Crippen molar-refractivity contribution < 1.29 is 48.5 Å². The lowest BCUT2D eigenvalue weighted by molar-refractivity contribution is -0.142. The highest BCUT2D eigenvalue weighted by molar-refractivity contribution is 5.84. The van der Waals surface area contributed by atoms with Crippen LogP contribution in [0.25, 0.3) is 0 Å². The van der Waals surface area contributed by atoms with Crippen LogP contribution in [-0.4, -0.2) is 97.9 Å². The van der Waals surface area contributed by atoms with Crippen molar-refractivity contribution in [2.45, 2.75) is 154 Å². The summed E-state index contributed by atoms with van der Waals surface area (Å²) >= 11 is 0. The van der Waals surface area contributed by atoms with E-state index in [4.69, 9.17) is 14.6 Å². The fourth-order valence-electron chi connectivity index (χ4n) is 5.34. The molecule has 0 heterocycles. The van der Waals surface area contributed by atoms with Crippen molar-refractivity contribution in [1.29, 1.82) is 0 Å². The number of carboxylic acid groups (broad SMARTS) is 2. The smallest absolute Gasteiger partial charge is 0.326 e. The average molecular weight is 729 g/mol. The van der Waals surface area contributed by atoms with E-state index in [2.05, 4.69) is 21.3 Å². The van der Waals surface area contributed by atoms with Gasteiger partial charge in [0.2, 0.25) is 11.8 Å².